The average Bonchev–Trinajstić information content (AvgIpc) is 1.96. The van der Waals surface area contributed by atoms with Crippen molar-refractivity contribution in [3.8, 4) is 0 Å². The maximum Gasteiger partial charge on any atom is 0.272 e. The van der Waals surface area contributed by atoms with Crippen molar-refractivity contribution in [1.82, 2.24) is 0 Å². The van der Waals surface area contributed by atoms with E-state index in [0.29, 0.717) is 6.61 Å². The quantitative estimate of drug-likeness (QED) is 0.481. The van der Waals surface area contributed by atoms with E-state index in [1.807, 2.05) is 0 Å². The highest BCUT2D eigenvalue weighted by Gasteiger charge is 2.36. The molecule has 1 heterocycles. The molecule has 0 aromatic heterocycles. The fourth-order valence-electron chi connectivity index (χ4n) is 1.13. The van der Waals surface area contributed by atoms with Crippen molar-refractivity contribution in [2.75, 3.05) is 6.61 Å². The molecule has 4 heteroatoms. The van der Waals surface area contributed by atoms with Gasteiger partial charge in [0.2, 0.25) is 0 Å². The van der Waals surface area contributed by atoms with Gasteiger partial charge in [0.25, 0.3) is 10.1 Å². The van der Waals surface area contributed by atoms with Gasteiger partial charge >= 0.3 is 0 Å². The molecule has 1 saturated heterocycles. The second kappa shape index (κ2) is 3.54. The van der Waals surface area contributed by atoms with Crippen LogP contribution in [-0.2, 0) is 14.3 Å². The summed E-state index contributed by atoms with van der Waals surface area (Å²) >= 11 is 0. The minimum atomic E-state index is -3.10. The molecular weight excluding hydrogens is 164 g/mol. The SMILES string of the molecule is CCCCCC1COS1(=O)=O. The third-order valence-corrected chi connectivity index (χ3v) is 3.61. The third-order valence-electron chi connectivity index (χ3n) is 1.96. The van der Waals surface area contributed by atoms with Gasteiger partial charge in [-0.2, -0.15) is 8.42 Å². The van der Waals surface area contributed by atoms with Crippen molar-refractivity contribution in [1.29, 1.82) is 0 Å². The highest BCUT2D eigenvalue weighted by atomic mass is 32.2. The molecule has 0 aromatic carbocycles. The van der Waals surface area contributed by atoms with Crippen LogP contribution in [0.15, 0.2) is 0 Å². The van der Waals surface area contributed by atoms with E-state index in [4.69, 9.17) is 0 Å². The largest absolute Gasteiger partial charge is 0.272 e. The van der Waals surface area contributed by atoms with E-state index >= 15 is 0 Å². The van der Waals surface area contributed by atoms with Gasteiger partial charge in [0.15, 0.2) is 0 Å². The topological polar surface area (TPSA) is 43.4 Å². The molecule has 11 heavy (non-hydrogen) atoms. The lowest BCUT2D eigenvalue weighted by atomic mass is 10.1. The van der Waals surface area contributed by atoms with Gasteiger partial charge in [0.05, 0.1) is 6.61 Å². The monoisotopic (exact) mass is 178 g/mol. The minimum absolute atomic E-state index is 0.200. The van der Waals surface area contributed by atoms with Crippen LogP contribution in [0.25, 0.3) is 0 Å². The molecule has 0 saturated carbocycles. The molecule has 0 spiro atoms. The molecule has 1 rings (SSSR count). The highest BCUT2D eigenvalue weighted by molar-refractivity contribution is 7.88. The van der Waals surface area contributed by atoms with Crippen LogP contribution in [0.2, 0.25) is 0 Å². The van der Waals surface area contributed by atoms with Gasteiger partial charge in [-0.15, -0.1) is 0 Å². The van der Waals surface area contributed by atoms with Crippen LogP contribution in [0, 0.1) is 0 Å². The Balaban J connectivity index is 2.19. The standard InChI is InChI=1S/C7H14O3S/c1-2-3-4-5-7-6-10-11(7,8)9/h7H,2-6H2,1H3. The normalized spacial score (nSPS) is 27.9. The first-order valence-corrected chi connectivity index (χ1v) is 5.52. The number of unbranched alkanes of at least 4 members (excludes halogenated alkanes) is 2. The van der Waals surface area contributed by atoms with Crippen LogP contribution in [0.1, 0.15) is 32.6 Å². The predicted molar refractivity (Wildman–Crippen MR) is 42.8 cm³/mol. The fraction of sp³-hybridized carbons (Fsp3) is 1.00. The van der Waals surface area contributed by atoms with E-state index in [1.165, 1.54) is 0 Å². The summed E-state index contributed by atoms with van der Waals surface area (Å²) < 4.78 is 26.0. The van der Waals surface area contributed by atoms with Crippen LogP contribution in [0.3, 0.4) is 0 Å². The van der Waals surface area contributed by atoms with Crippen molar-refractivity contribution < 1.29 is 12.6 Å². The lowest BCUT2D eigenvalue weighted by Crippen LogP contribution is -2.39. The van der Waals surface area contributed by atoms with E-state index in [1.54, 1.807) is 0 Å². The zero-order valence-electron chi connectivity index (χ0n) is 6.75. The zero-order chi connectivity index (χ0) is 8.32. The second-order valence-electron chi connectivity index (χ2n) is 2.90. The molecule has 0 amide bonds. The molecule has 1 aliphatic heterocycles. The summed E-state index contributed by atoms with van der Waals surface area (Å²) in [6.07, 6.45) is 4.03. The predicted octanol–water partition coefficient (Wildman–Crippen LogP) is 1.30. The lowest BCUT2D eigenvalue weighted by molar-refractivity contribution is 0.237. The van der Waals surface area contributed by atoms with Gasteiger partial charge in [0.1, 0.15) is 5.25 Å². The summed E-state index contributed by atoms with van der Waals surface area (Å²) in [5.41, 5.74) is 0. The van der Waals surface area contributed by atoms with Crippen molar-refractivity contribution in [3.63, 3.8) is 0 Å². The summed E-state index contributed by atoms with van der Waals surface area (Å²) in [6.45, 7) is 2.51. The number of rotatable bonds is 4. The fourth-order valence-corrected chi connectivity index (χ4v) is 2.13. The molecule has 0 bridgehead atoms. The molecule has 0 radical (unpaired) electrons. The Labute approximate surface area is 67.9 Å². The Morgan fingerprint density at radius 1 is 1.45 bits per heavy atom. The Morgan fingerprint density at radius 2 is 2.18 bits per heavy atom. The van der Waals surface area contributed by atoms with Gasteiger partial charge in [0, 0.05) is 0 Å². The smallest absolute Gasteiger partial charge is 0.268 e. The van der Waals surface area contributed by atoms with E-state index in [2.05, 4.69) is 11.1 Å². The second-order valence-corrected chi connectivity index (χ2v) is 4.78. The minimum Gasteiger partial charge on any atom is -0.268 e. The molecular formula is C7H14O3S. The number of hydrogen-bond donors (Lipinski definition) is 0. The van der Waals surface area contributed by atoms with Crippen molar-refractivity contribution in [2.24, 2.45) is 0 Å². The summed E-state index contributed by atoms with van der Waals surface area (Å²) in [5.74, 6) is 0. The summed E-state index contributed by atoms with van der Waals surface area (Å²) in [7, 11) is -3.10. The van der Waals surface area contributed by atoms with Crippen LogP contribution in [-0.4, -0.2) is 20.3 Å². The van der Waals surface area contributed by atoms with E-state index in [9.17, 15) is 8.42 Å². The van der Waals surface area contributed by atoms with Gasteiger partial charge in [-0.25, -0.2) is 0 Å². The Kier molecular flexibility index (Phi) is 2.90. The maximum absolute atomic E-state index is 10.8. The molecule has 0 aromatic rings. The molecule has 0 aliphatic carbocycles. The molecule has 0 N–H and O–H groups in total. The molecule has 66 valence electrons. The van der Waals surface area contributed by atoms with Gasteiger partial charge in [-0.05, 0) is 6.42 Å². The van der Waals surface area contributed by atoms with E-state index in [-0.39, 0.29) is 5.25 Å². The first kappa shape index (κ1) is 9.00. The third kappa shape index (κ3) is 2.17. The van der Waals surface area contributed by atoms with E-state index < -0.39 is 10.1 Å². The van der Waals surface area contributed by atoms with Crippen LogP contribution in [0.4, 0.5) is 0 Å². The summed E-state index contributed by atoms with van der Waals surface area (Å²) in [5, 5.41) is -0.200. The molecule has 1 aliphatic rings. The molecule has 1 atom stereocenters. The Morgan fingerprint density at radius 3 is 2.55 bits per heavy atom. The van der Waals surface area contributed by atoms with Crippen molar-refractivity contribution in [3.05, 3.63) is 0 Å². The van der Waals surface area contributed by atoms with Crippen molar-refractivity contribution >= 4 is 10.1 Å². The van der Waals surface area contributed by atoms with Crippen LogP contribution < -0.4 is 0 Å². The number of hydrogen-bond acceptors (Lipinski definition) is 3. The van der Waals surface area contributed by atoms with Gasteiger partial charge in [-0.1, -0.05) is 26.2 Å². The first-order chi connectivity index (χ1) is 5.17. The Hall–Kier alpha value is -0.0900. The first-order valence-electron chi connectivity index (χ1n) is 4.05. The molecule has 3 nitrogen and oxygen atoms in total. The zero-order valence-corrected chi connectivity index (χ0v) is 7.56. The van der Waals surface area contributed by atoms with Crippen LogP contribution >= 0.6 is 0 Å². The van der Waals surface area contributed by atoms with Crippen LogP contribution in [0.5, 0.6) is 0 Å². The molecule has 1 unspecified atom stereocenters. The summed E-state index contributed by atoms with van der Waals surface area (Å²) in [6, 6.07) is 0. The lowest BCUT2D eigenvalue weighted by Gasteiger charge is -2.25. The molecule has 1 fully saturated rings. The average molecular weight is 178 g/mol. The van der Waals surface area contributed by atoms with Gasteiger partial charge in [-0.3, -0.25) is 4.18 Å². The highest BCUT2D eigenvalue weighted by Crippen LogP contribution is 2.22. The van der Waals surface area contributed by atoms with Crippen molar-refractivity contribution in [2.45, 2.75) is 37.9 Å². The van der Waals surface area contributed by atoms with Gasteiger partial charge < -0.3 is 0 Å². The summed E-state index contributed by atoms with van der Waals surface area (Å²) in [4.78, 5) is 0. The Bertz CT molecular complexity index is 208. The van der Waals surface area contributed by atoms with E-state index in [0.717, 1.165) is 25.7 Å². The maximum atomic E-state index is 10.8.